The van der Waals surface area contributed by atoms with Gasteiger partial charge in [-0.3, -0.25) is 4.79 Å². The van der Waals surface area contributed by atoms with Crippen molar-refractivity contribution in [2.24, 2.45) is 0 Å². The van der Waals surface area contributed by atoms with E-state index >= 15 is 0 Å². The van der Waals surface area contributed by atoms with Crippen molar-refractivity contribution in [3.05, 3.63) is 5.89 Å². The number of methoxy groups -OCH3 is 1. The Morgan fingerprint density at radius 3 is 2.89 bits per heavy atom. The van der Waals surface area contributed by atoms with Crippen LogP contribution in [0.5, 0.6) is 0 Å². The molecule has 8 heteroatoms. The average Bonchev–Trinajstić information content (AvgIpc) is 2.87. The minimum Gasteiger partial charge on any atom is -0.406 e. The van der Waals surface area contributed by atoms with Gasteiger partial charge in [0.15, 0.2) is 0 Å². The minimum absolute atomic E-state index is 0.0230. The van der Waals surface area contributed by atoms with E-state index in [1.54, 1.807) is 19.1 Å². The highest BCUT2D eigenvalue weighted by molar-refractivity contribution is 5.80. The van der Waals surface area contributed by atoms with Crippen molar-refractivity contribution in [3.8, 4) is 0 Å². The summed E-state index contributed by atoms with van der Waals surface area (Å²) in [6, 6.07) is 0.296. The number of nitrogens with one attached hydrogen (secondary N) is 2. The number of carbonyl (C=O) groups is 1. The SMILES string of the molecule is CNC(C)c1nnc(N(C)CC(=O)NCCOC)o1. The molecule has 19 heavy (non-hydrogen) atoms. The van der Waals surface area contributed by atoms with Crippen LogP contribution in [0.25, 0.3) is 0 Å². The highest BCUT2D eigenvalue weighted by Gasteiger charge is 2.16. The van der Waals surface area contributed by atoms with Gasteiger partial charge in [-0.1, -0.05) is 5.10 Å². The van der Waals surface area contributed by atoms with E-state index in [9.17, 15) is 4.79 Å². The number of carbonyl (C=O) groups excluding carboxylic acids is 1. The summed E-state index contributed by atoms with van der Waals surface area (Å²) >= 11 is 0. The standard InChI is InChI=1S/C11H21N5O3/c1-8(12-2)10-14-15-11(19-10)16(3)7-9(17)13-5-6-18-4/h8,12H,5-7H2,1-4H3,(H,13,17). The van der Waals surface area contributed by atoms with Gasteiger partial charge in [0.05, 0.1) is 12.6 Å². The molecule has 1 rings (SSSR count). The number of amides is 1. The molecule has 0 aliphatic rings. The zero-order valence-electron chi connectivity index (χ0n) is 11.8. The fraction of sp³-hybridized carbons (Fsp3) is 0.727. The molecular weight excluding hydrogens is 250 g/mol. The normalized spacial score (nSPS) is 12.2. The Bertz CT molecular complexity index is 395. The number of ether oxygens (including phenoxy) is 1. The van der Waals surface area contributed by atoms with Crippen LogP contribution in [0.2, 0.25) is 0 Å². The third-order valence-corrected chi connectivity index (χ3v) is 2.57. The van der Waals surface area contributed by atoms with Gasteiger partial charge in [-0.05, 0) is 14.0 Å². The first-order valence-electron chi connectivity index (χ1n) is 6.06. The van der Waals surface area contributed by atoms with Crippen LogP contribution >= 0.6 is 0 Å². The molecule has 0 fully saturated rings. The largest absolute Gasteiger partial charge is 0.406 e. The number of rotatable bonds is 8. The van der Waals surface area contributed by atoms with Crippen LogP contribution < -0.4 is 15.5 Å². The molecule has 0 bridgehead atoms. The minimum atomic E-state index is -0.124. The summed E-state index contributed by atoms with van der Waals surface area (Å²) in [5.41, 5.74) is 0. The first-order chi connectivity index (χ1) is 9.08. The molecule has 0 spiro atoms. The molecule has 1 atom stereocenters. The van der Waals surface area contributed by atoms with Crippen molar-refractivity contribution in [1.29, 1.82) is 0 Å². The van der Waals surface area contributed by atoms with Gasteiger partial charge >= 0.3 is 6.01 Å². The number of aromatic nitrogens is 2. The van der Waals surface area contributed by atoms with E-state index in [2.05, 4.69) is 20.8 Å². The monoisotopic (exact) mass is 271 g/mol. The molecule has 1 amide bonds. The lowest BCUT2D eigenvalue weighted by Gasteiger charge is -2.13. The Morgan fingerprint density at radius 2 is 2.26 bits per heavy atom. The van der Waals surface area contributed by atoms with Gasteiger partial charge in [-0.2, -0.15) is 0 Å². The van der Waals surface area contributed by atoms with E-state index in [1.165, 1.54) is 0 Å². The van der Waals surface area contributed by atoms with E-state index < -0.39 is 0 Å². The molecule has 0 aliphatic carbocycles. The second-order valence-corrected chi connectivity index (χ2v) is 4.13. The molecule has 2 N–H and O–H groups in total. The summed E-state index contributed by atoms with van der Waals surface area (Å²) in [4.78, 5) is 13.2. The van der Waals surface area contributed by atoms with Crippen molar-refractivity contribution in [3.63, 3.8) is 0 Å². The Kier molecular flexibility index (Phi) is 6.23. The van der Waals surface area contributed by atoms with Crippen LogP contribution in [0.15, 0.2) is 4.42 Å². The third kappa shape index (κ3) is 4.84. The maximum atomic E-state index is 11.6. The molecule has 0 aliphatic heterocycles. The average molecular weight is 271 g/mol. The molecule has 0 saturated carbocycles. The quantitative estimate of drug-likeness (QED) is 0.618. The first kappa shape index (κ1) is 15.4. The highest BCUT2D eigenvalue weighted by Crippen LogP contribution is 2.15. The van der Waals surface area contributed by atoms with Gasteiger partial charge in [-0.15, -0.1) is 5.10 Å². The van der Waals surface area contributed by atoms with E-state index in [0.717, 1.165) is 0 Å². The molecule has 1 aromatic heterocycles. The molecule has 0 saturated heterocycles. The van der Waals surface area contributed by atoms with Crippen LogP contribution in [0.3, 0.4) is 0 Å². The Morgan fingerprint density at radius 1 is 1.53 bits per heavy atom. The third-order valence-electron chi connectivity index (χ3n) is 2.57. The molecule has 108 valence electrons. The van der Waals surface area contributed by atoms with Gasteiger partial charge in [0.2, 0.25) is 11.8 Å². The summed E-state index contributed by atoms with van der Waals surface area (Å²) in [6.07, 6.45) is 0. The Labute approximate surface area is 112 Å². The van der Waals surface area contributed by atoms with Crippen LogP contribution in [-0.4, -0.2) is 57.0 Å². The van der Waals surface area contributed by atoms with Gasteiger partial charge in [0.25, 0.3) is 0 Å². The lowest BCUT2D eigenvalue weighted by atomic mass is 10.3. The van der Waals surface area contributed by atoms with Crippen molar-refractivity contribution in [2.45, 2.75) is 13.0 Å². The summed E-state index contributed by atoms with van der Waals surface area (Å²) in [6.45, 7) is 3.03. The Balaban J connectivity index is 2.46. The summed E-state index contributed by atoms with van der Waals surface area (Å²) in [7, 11) is 5.11. The van der Waals surface area contributed by atoms with E-state index in [0.29, 0.717) is 25.1 Å². The fourth-order valence-corrected chi connectivity index (χ4v) is 1.31. The molecule has 1 heterocycles. The smallest absolute Gasteiger partial charge is 0.318 e. The number of likely N-dealkylation sites (N-methyl/N-ethyl adjacent to an activating group) is 1. The first-order valence-corrected chi connectivity index (χ1v) is 6.06. The van der Waals surface area contributed by atoms with Crippen molar-refractivity contribution in [1.82, 2.24) is 20.8 Å². The number of nitrogens with zero attached hydrogens (tertiary/aromatic N) is 3. The summed E-state index contributed by atoms with van der Waals surface area (Å²) in [5.74, 6) is 0.366. The predicted octanol–water partition coefficient (Wildman–Crippen LogP) is -0.451. The van der Waals surface area contributed by atoms with E-state index in [1.807, 2.05) is 14.0 Å². The van der Waals surface area contributed by atoms with Crippen LogP contribution in [0.1, 0.15) is 18.9 Å². The highest BCUT2D eigenvalue weighted by atomic mass is 16.5. The second-order valence-electron chi connectivity index (χ2n) is 4.13. The predicted molar refractivity (Wildman–Crippen MR) is 69.9 cm³/mol. The summed E-state index contributed by atoms with van der Waals surface area (Å²) in [5, 5.41) is 13.5. The molecule has 0 radical (unpaired) electrons. The number of hydrogen-bond acceptors (Lipinski definition) is 7. The number of hydrogen-bond donors (Lipinski definition) is 2. The molecule has 0 aromatic carbocycles. The Hall–Kier alpha value is -1.67. The van der Waals surface area contributed by atoms with Crippen molar-refractivity contribution >= 4 is 11.9 Å². The maximum Gasteiger partial charge on any atom is 0.318 e. The van der Waals surface area contributed by atoms with E-state index in [4.69, 9.17) is 9.15 Å². The molecule has 1 unspecified atom stereocenters. The van der Waals surface area contributed by atoms with Gasteiger partial charge in [0.1, 0.15) is 6.54 Å². The maximum absolute atomic E-state index is 11.6. The van der Waals surface area contributed by atoms with Crippen molar-refractivity contribution in [2.75, 3.05) is 45.8 Å². The lowest BCUT2D eigenvalue weighted by molar-refractivity contribution is -0.119. The lowest BCUT2D eigenvalue weighted by Crippen LogP contribution is -2.36. The van der Waals surface area contributed by atoms with Gasteiger partial charge < -0.3 is 24.7 Å². The molecule has 1 aromatic rings. The van der Waals surface area contributed by atoms with Crippen molar-refractivity contribution < 1.29 is 13.9 Å². The van der Waals surface area contributed by atoms with Crippen LogP contribution in [-0.2, 0) is 9.53 Å². The van der Waals surface area contributed by atoms with Crippen LogP contribution in [0, 0.1) is 0 Å². The zero-order valence-corrected chi connectivity index (χ0v) is 11.8. The molecule has 8 nitrogen and oxygen atoms in total. The second kappa shape index (κ2) is 7.70. The fourth-order valence-electron chi connectivity index (χ4n) is 1.31. The zero-order chi connectivity index (χ0) is 14.3. The van der Waals surface area contributed by atoms with E-state index in [-0.39, 0.29) is 18.5 Å². The molecular formula is C11H21N5O3. The van der Waals surface area contributed by atoms with Gasteiger partial charge in [-0.25, -0.2) is 0 Å². The van der Waals surface area contributed by atoms with Gasteiger partial charge in [0, 0.05) is 20.7 Å². The number of anilines is 1. The summed E-state index contributed by atoms with van der Waals surface area (Å²) < 4.78 is 10.3. The topological polar surface area (TPSA) is 92.5 Å². The van der Waals surface area contributed by atoms with Crippen LogP contribution in [0.4, 0.5) is 6.01 Å².